The van der Waals surface area contributed by atoms with Gasteiger partial charge in [-0.1, -0.05) is 29.3 Å². The lowest BCUT2D eigenvalue weighted by atomic mass is 9.78. The van der Waals surface area contributed by atoms with Crippen LogP contribution in [0.3, 0.4) is 0 Å². The lowest BCUT2D eigenvalue weighted by Gasteiger charge is -2.36. The van der Waals surface area contributed by atoms with Gasteiger partial charge >= 0.3 is 0 Å². The summed E-state index contributed by atoms with van der Waals surface area (Å²) in [7, 11) is 0. The normalized spacial score (nSPS) is 26.0. The van der Waals surface area contributed by atoms with Gasteiger partial charge in [0.2, 0.25) is 0 Å². The van der Waals surface area contributed by atoms with Gasteiger partial charge in [-0.05, 0) is 49.8 Å². The first kappa shape index (κ1) is 15.3. The lowest BCUT2D eigenvalue weighted by Crippen LogP contribution is -2.40. The van der Waals surface area contributed by atoms with E-state index in [4.69, 9.17) is 5.26 Å². The van der Waals surface area contributed by atoms with Gasteiger partial charge in [-0.3, -0.25) is 0 Å². The van der Waals surface area contributed by atoms with Crippen molar-refractivity contribution >= 4 is 21.6 Å². The zero-order valence-corrected chi connectivity index (χ0v) is 13.4. The van der Waals surface area contributed by atoms with E-state index in [-0.39, 0.29) is 0 Å². The maximum Gasteiger partial charge on any atom is 0.0992 e. The molecule has 0 aromatic heterocycles. The highest BCUT2D eigenvalue weighted by Gasteiger charge is 2.32. The third-order valence-corrected chi connectivity index (χ3v) is 4.72. The highest BCUT2D eigenvalue weighted by Crippen LogP contribution is 2.34. The van der Waals surface area contributed by atoms with Gasteiger partial charge in [0, 0.05) is 16.7 Å². The molecule has 1 fully saturated rings. The fraction of sp³-hybridized carbons (Fsp3) is 0.562. The van der Waals surface area contributed by atoms with Crippen LogP contribution >= 0.6 is 15.9 Å². The number of benzene rings is 1. The average molecular weight is 337 g/mol. The molecule has 1 aliphatic rings. The summed E-state index contributed by atoms with van der Waals surface area (Å²) in [6.45, 7) is 2.77. The number of nitrogens with zero attached hydrogens (tertiary/aromatic N) is 1. The molecule has 1 aliphatic carbocycles. The molecular formula is C16H21BrN2O. The van der Waals surface area contributed by atoms with Crippen molar-refractivity contribution in [2.24, 2.45) is 5.92 Å². The molecule has 0 bridgehead atoms. The van der Waals surface area contributed by atoms with Gasteiger partial charge in [0.15, 0.2) is 0 Å². The van der Waals surface area contributed by atoms with Gasteiger partial charge in [0.05, 0.1) is 17.2 Å². The van der Waals surface area contributed by atoms with Crippen LogP contribution in [0.1, 0.15) is 44.6 Å². The van der Waals surface area contributed by atoms with E-state index in [9.17, 15) is 5.11 Å². The van der Waals surface area contributed by atoms with Crippen LogP contribution in [0.4, 0.5) is 5.69 Å². The van der Waals surface area contributed by atoms with Crippen molar-refractivity contribution in [3.8, 4) is 6.07 Å². The number of nitrogens with one attached hydrogen (secondary N) is 1. The summed E-state index contributed by atoms with van der Waals surface area (Å²) in [6, 6.07) is 7.66. The molecule has 4 heteroatoms. The van der Waals surface area contributed by atoms with Gasteiger partial charge in [-0.15, -0.1) is 0 Å². The molecule has 2 rings (SSSR count). The van der Waals surface area contributed by atoms with Gasteiger partial charge in [-0.25, -0.2) is 0 Å². The molecule has 0 radical (unpaired) electrons. The number of anilines is 1. The fourth-order valence-corrected chi connectivity index (χ4v) is 3.32. The summed E-state index contributed by atoms with van der Waals surface area (Å²) in [5.74, 6) is 0.770. The van der Waals surface area contributed by atoms with E-state index in [0.717, 1.165) is 41.8 Å². The van der Waals surface area contributed by atoms with Crippen molar-refractivity contribution in [2.45, 2.75) is 44.6 Å². The Hall–Kier alpha value is -1.05. The van der Waals surface area contributed by atoms with E-state index in [0.29, 0.717) is 12.1 Å². The molecule has 0 heterocycles. The first-order valence-corrected chi connectivity index (χ1v) is 8.01. The number of hydrogen-bond acceptors (Lipinski definition) is 3. The molecule has 1 aromatic rings. The quantitative estimate of drug-likeness (QED) is 0.871. The smallest absolute Gasteiger partial charge is 0.0992 e. The highest BCUT2D eigenvalue weighted by molar-refractivity contribution is 9.10. The third-order valence-electron chi connectivity index (χ3n) is 4.26. The maximum absolute atomic E-state index is 10.6. The molecule has 2 N–H and O–H groups in total. The predicted molar refractivity (Wildman–Crippen MR) is 84.5 cm³/mol. The van der Waals surface area contributed by atoms with Crippen LogP contribution in [-0.4, -0.2) is 17.3 Å². The third kappa shape index (κ3) is 3.97. The Morgan fingerprint density at radius 2 is 2.10 bits per heavy atom. The molecular weight excluding hydrogens is 316 g/mol. The number of halogens is 1. The number of rotatable bonds is 4. The Bertz CT molecular complexity index is 502. The molecule has 20 heavy (non-hydrogen) atoms. The zero-order valence-electron chi connectivity index (χ0n) is 11.8. The minimum atomic E-state index is -0.610. The Balaban J connectivity index is 1.95. The molecule has 1 aromatic carbocycles. The molecule has 0 saturated heterocycles. The van der Waals surface area contributed by atoms with E-state index >= 15 is 0 Å². The maximum atomic E-state index is 10.6. The van der Waals surface area contributed by atoms with E-state index in [1.54, 1.807) is 6.07 Å². The van der Waals surface area contributed by atoms with Crippen molar-refractivity contribution < 1.29 is 5.11 Å². The number of aliphatic hydroxyl groups is 1. The summed E-state index contributed by atoms with van der Waals surface area (Å²) in [4.78, 5) is 0. The van der Waals surface area contributed by atoms with E-state index < -0.39 is 5.60 Å². The second-order valence-corrected chi connectivity index (χ2v) is 6.69. The van der Waals surface area contributed by atoms with Crippen LogP contribution in [0.15, 0.2) is 22.7 Å². The van der Waals surface area contributed by atoms with Crippen LogP contribution in [0.2, 0.25) is 0 Å². The van der Waals surface area contributed by atoms with E-state index in [1.807, 2.05) is 12.1 Å². The van der Waals surface area contributed by atoms with Crippen molar-refractivity contribution in [3.63, 3.8) is 0 Å². The minimum absolute atomic E-state index is 0.546. The van der Waals surface area contributed by atoms with Gasteiger partial charge in [0.25, 0.3) is 0 Å². The topological polar surface area (TPSA) is 56.0 Å². The minimum Gasteiger partial charge on any atom is -0.388 e. The monoisotopic (exact) mass is 336 g/mol. The summed E-state index contributed by atoms with van der Waals surface area (Å²) in [5.41, 5.74) is 0.881. The van der Waals surface area contributed by atoms with Crippen LogP contribution in [-0.2, 0) is 0 Å². The van der Waals surface area contributed by atoms with Gasteiger partial charge in [0.1, 0.15) is 0 Å². The fourth-order valence-electron chi connectivity index (χ4n) is 2.82. The Morgan fingerprint density at radius 3 is 2.70 bits per heavy atom. The number of nitriles is 1. The van der Waals surface area contributed by atoms with Crippen molar-refractivity contribution in [1.82, 2.24) is 0 Å². The summed E-state index contributed by atoms with van der Waals surface area (Å²) in [6.07, 6.45) is 5.14. The second-order valence-electron chi connectivity index (χ2n) is 5.77. The van der Waals surface area contributed by atoms with Crippen LogP contribution in [0.25, 0.3) is 0 Å². The number of hydrogen-bond donors (Lipinski definition) is 2. The first-order chi connectivity index (χ1) is 9.54. The van der Waals surface area contributed by atoms with Crippen LogP contribution < -0.4 is 5.32 Å². The predicted octanol–water partition coefficient (Wildman–Crippen LogP) is 4.06. The molecule has 1 saturated carbocycles. The van der Waals surface area contributed by atoms with Gasteiger partial charge < -0.3 is 10.4 Å². The van der Waals surface area contributed by atoms with Gasteiger partial charge in [-0.2, -0.15) is 5.26 Å². The molecule has 108 valence electrons. The largest absolute Gasteiger partial charge is 0.388 e. The van der Waals surface area contributed by atoms with Crippen molar-refractivity contribution in [2.75, 3.05) is 11.9 Å². The molecule has 0 spiro atoms. The summed E-state index contributed by atoms with van der Waals surface area (Å²) >= 11 is 3.40. The molecule has 0 aliphatic heterocycles. The average Bonchev–Trinajstić information content (AvgIpc) is 2.45. The van der Waals surface area contributed by atoms with E-state index in [2.05, 4.69) is 34.2 Å². The molecule has 0 atom stereocenters. The summed E-state index contributed by atoms with van der Waals surface area (Å²) in [5, 5.41) is 22.8. The zero-order chi connectivity index (χ0) is 14.6. The SMILES string of the molecule is CCC1CCC(O)(CNc2cc(Br)cc(C#N)c2)CC1. The Kier molecular flexibility index (Phi) is 5.06. The van der Waals surface area contributed by atoms with E-state index in [1.165, 1.54) is 6.42 Å². The standard InChI is InChI=1S/C16H21BrN2O/c1-2-12-3-5-16(20,6-4-12)11-19-15-8-13(10-18)7-14(17)9-15/h7-9,12,19-20H,2-6,11H2,1H3. The lowest BCUT2D eigenvalue weighted by molar-refractivity contribution is 0.00229. The van der Waals surface area contributed by atoms with Crippen molar-refractivity contribution in [1.29, 1.82) is 5.26 Å². The Labute approximate surface area is 129 Å². The molecule has 3 nitrogen and oxygen atoms in total. The highest BCUT2D eigenvalue weighted by atomic mass is 79.9. The molecule has 0 amide bonds. The van der Waals surface area contributed by atoms with Crippen LogP contribution in [0, 0.1) is 17.2 Å². The second kappa shape index (κ2) is 6.60. The summed E-state index contributed by atoms with van der Waals surface area (Å²) < 4.78 is 0.876. The van der Waals surface area contributed by atoms with Crippen LogP contribution in [0.5, 0.6) is 0 Å². The Morgan fingerprint density at radius 1 is 1.40 bits per heavy atom. The molecule has 0 unspecified atom stereocenters. The van der Waals surface area contributed by atoms with Crippen molar-refractivity contribution in [3.05, 3.63) is 28.2 Å². The first-order valence-electron chi connectivity index (χ1n) is 7.21.